The normalized spacial score (nSPS) is 20.6. The summed E-state index contributed by atoms with van der Waals surface area (Å²) in [4.78, 5) is 48.0. The summed E-state index contributed by atoms with van der Waals surface area (Å²) < 4.78 is 40.9. The van der Waals surface area contributed by atoms with Crippen molar-refractivity contribution < 1.29 is 52.0 Å². The summed E-state index contributed by atoms with van der Waals surface area (Å²) in [6.45, 7) is 11.6. The highest BCUT2D eigenvalue weighted by atomic mass is 32.2. The molecule has 2 heterocycles. The number of rotatable bonds is 8. The van der Waals surface area contributed by atoms with E-state index in [-0.39, 0.29) is 17.1 Å². The number of benzene rings is 1. The van der Waals surface area contributed by atoms with Crippen molar-refractivity contribution in [3.8, 4) is 5.75 Å². The minimum absolute atomic E-state index is 0.0150. The van der Waals surface area contributed by atoms with Gasteiger partial charge in [-0.15, -0.1) is 11.8 Å². The Morgan fingerprint density at radius 3 is 2.14 bits per heavy atom. The molecule has 13 heteroatoms. The van der Waals surface area contributed by atoms with Crippen LogP contribution in [0.1, 0.15) is 5.56 Å². The van der Waals surface area contributed by atoms with Crippen LogP contribution in [0.2, 0.25) is 0 Å². The second kappa shape index (κ2) is 12.5. The molecule has 0 aliphatic carbocycles. The van der Waals surface area contributed by atoms with E-state index >= 15 is 0 Å². The summed E-state index contributed by atoms with van der Waals surface area (Å²) in [5.41, 5.74) is -0.590. The summed E-state index contributed by atoms with van der Waals surface area (Å²) in [5.74, 6) is 0.253. The Hall–Kier alpha value is -4.39. The second-order valence-corrected chi connectivity index (χ2v) is 8.28. The van der Waals surface area contributed by atoms with Crippen LogP contribution in [0.15, 0.2) is 72.0 Å². The fraction of sp³-hybridized carbons (Fsp3) is 0.250. The van der Waals surface area contributed by atoms with Crippen molar-refractivity contribution in [2.75, 3.05) is 5.75 Å². The van der Waals surface area contributed by atoms with Gasteiger partial charge in [0, 0.05) is 23.3 Å². The average Bonchev–Trinajstić information content (AvgIpc) is 2.82. The SMILES string of the molecule is C=COC(=O)O[C@H]1[C@H](OC(=O)OC=C)CSC(Oc2ccc3c(C)cc(=O)oc3c2)[C@@H]1OC(=O)OC=C. The Labute approximate surface area is 214 Å². The molecular weight excluding hydrogens is 512 g/mol. The molecule has 0 spiro atoms. The average molecular weight is 534 g/mol. The van der Waals surface area contributed by atoms with E-state index < -0.39 is 47.8 Å². The first-order valence-electron chi connectivity index (χ1n) is 10.5. The topological polar surface area (TPSA) is 146 Å². The van der Waals surface area contributed by atoms with Gasteiger partial charge in [-0.3, -0.25) is 0 Å². The highest BCUT2D eigenvalue weighted by molar-refractivity contribution is 7.99. The van der Waals surface area contributed by atoms with Gasteiger partial charge in [0.1, 0.15) is 11.3 Å². The molecule has 12 nitrogen and oxygen atoms in total. The Morgan fingerprint density at radius 2 is 1.51 bits per heavy atom. The Morgan fingerprint density at radius 1 is 0.919 bits per heavy atom. The van der Waals surface area contributed by atoms with Crippen molar-refractivity contribution in [1.29, 1.82) is 0 Å². The largest absolute Gasteiger partial charge is 0.513 e. The molecular formula is C24H22O12S. The van der Waals surface area contributed by atoms with Crippen molar-refractivity contribution in [3.05, 3.63) is 78.8 Å². The lowest BCUT2D eigenvalue weighted by Crippen LogP contribution is -2.56. The molecule has 1 aliphatic rings. The number of carbonyl (C=O) groups excluding carboxylic acids is 3. The molecule has 1 fully saturated rings. The summed E-state index contributed by atoms with van der Waals surface area (Å²) >= 11 is 1.07. The lowest BCUT2D eigenvalue weighted by Gasteiger charge is -2.39. The molecule has 4 atom stereocenters. The lowest BCUT2D eigenvalue weighted by atomic mass is 10.1. The Bertz CT molecular complexity index is 1250. The first kappa shape index (κ1) is 27.2. The van der Waals surface area contributed by atoms with Gasteiger partial charge in [-0.1, -0.05) is 19.7 Å². The van der Waals surface area contributed by atoms with Gasteiger partial charge in [0.25, 0.3) is 0 Å². The van der Waals surface area contributed by atoms with Gasteiger partial charge in [0.15, 0.2) is 23.7 Å². The number of carbonyl (C=O) groups is 3. The van der Waals surface area contributed by atoms with Gasteiger partial charge in [0.2, 0.25) is 0 Å². The van der Waals surface area contributed by atoms with E-state index in [0.717, 1.165) is 30.5 Å². The zero-order valence-corrected chi connectivity index (χ0v) is 20.3. The maximum Gasteiger partial charge on any atom is 0.513 e. The summed E-state index contributed by atoms with van der Waals surface area (Å²) in [5, 5.41) is 0.688. The Kier molecular flexibility index (Phi) is 9.21. The standard InChI is InChI=1S/C24H22O12S/c1-5-29-22(26)34-17-12-37-21(20(36-24(28)31-7-3)19(17)35-23(27)30-6-2)32-14-8-9-15-13(4)10-18(25)33-16(15)11-14/h5-11,17,19-21H,1-3,12H2,4H3/t17-,19+,20-,21?/m1/s1. The molecule has 196 valence electrons. The summed E-state index contributed by atoms with van der Waals surface area (Å²) in [6, 6.07) is 6.14. The Balaban J connectivity index is 1.95. The van der Waals surface area contributed by atoms with Crippen LogP contribution >= 0.6 is 11.8 Å². The molecule has 0 radical (unpaired) electrons. The highest BCUT2D eigenvalue weighted by Crippen LogP contribution is 2.35. The van der Waals surface area contributed by atoms with E-state index in [2.05, 4.69) is 33.9 Å². The third kappa shape index (κ3) is 7.07. The molecule has 0 N–H and O–H groups in total. The fourth-order valence-corrected chi connectivity index (χ4v) is 4.58. The first-order chi connectivity index (χ1) is 17.7. The minimum Gasteiger partial charge on any atom is -0.476 e. The third-order valence-corrected chi connectivity index (χ3v) is 6.02. The molecule has 0 saturated carbocycles. The first-order valence-corrected chi connectivity index (χ1v) is 11.6. The second-order valence-electron chi connectivity index (χ2n) is 7.15. The van der Waals surface area contributed by atoms with Crippen LogP contribution in [0.3, 0.4) is 0 Å². The zero-order valence-electron chi connectivity index (χ0n) is 19.5. The molecule has 1 aliphatic heterocycles. The van der Waals surface area contributed by atoms with Crippen LogP contribution in [0, 0.1) is 6.92 Å². The van der Waals surface area contributed by atoms with E-state index in [1.54, 1.807) is 19.1 Å². The number of hydrogen-bond acceptors (Lipinski definition) is 13. The van der Waals surface area contributed by atoms with Gasteiger partial charge >= 0.3 is 24.1 Å². The number of hydrogen-bond donors (Lipinski definition) is 0. The van der Waals surface area contributed by atoms with Gasteiger partial charge in [-0.2, -0.15) is 0 Å². The van der Waals surface area contributed by atoms with Crippen molar-refractivity contribution in [2.45, 2.75) is 30.7 Å². The van der Waals surface area contributed by atoms with Crippen molar-refractivity contribution in [3.63, 3.8) is 0 Å². The minimum atomic E-state index is -1.44. The number of fused-ring (bicyclic) bond motifs is 1. The molecule has 0 bridgehead atoms. The molecule has 37 heavy (non-hydrogen) atoms. The molecule has 1 saturated heterocycles. The zero-order chi connectivity index (χ0) is 26.9. The predicted molar refractivity (Wildman–Crippen MR) is 129 cm³/mol. The molecule has 1 aromatic heterocycles. The summed E-state index contributed by atoms with van der Waals surface area (Å²) in [7, 11) is 0. The molecule has 1 aromatic carbocycles. The van der Waals surface area contributed by atoms with Crippen LogP contribution in [0.25, 0.3) is 11.0 Å². The molecule has 1 unspecified atom stereocenters. The maximum absolute atomic E-state index is 12.2. The predicted octanol–water partition coefficient (Wildman–Crippen LogP) is 4.55. The van der Waals surface area contributed by atoms with E-state index in [1.807, 2.05) is 0 Å². The maximum atomic E-state index is 12.2. The smallest absolute Gasteiger partial charge is 0.476 e. The quantitative estimate of drug-likeness (QED) is 0.202. The number of thioether (sulfide) groups is 1. The fourth-order valence-electron chi connectivity index (χ4n) is 3.36. The van der Waals surface area contributed by atoms with E-state index in [0.29, 0.717) is 10.9 Å². The van der Waals surface area contributed by atoms with Gasteiger partial charge in [-0.25, -0.2) is 19.2 Å². The number of aryl methyl sites for hydroxylation is 1. The molecule has 0 amide bonds. The van der Waals surface area contributed by atoms with Crippen LogP contribution in [-0.2, 0) is 28.4 Å². The van der Waals surface area contributed by atoms with Gasteiger partial charge in [0.05, 0.1) is 18.8 Å². The monoisotopic (exact) mass is 534 g/mol. The van der Waals surface area contributed by atoms with Crippen molar-refractivity contribution >= 4 is 41.2 Å². The molecule has 2 aromatic rings. The van der Waals surface area contributed by atoms with E-state index in [4.69, 9.17) is 23.4 Å². The van der Waals surface area contributed by atoms with Gasteiger partial charge in [-0.05, 0) is 24.6 Å². The number of ether oxygens (including phenoxy) is 7. The van der Waals surface area contributed by atoms with Crippen molar-refractivity contribution in [1.82, 2.24) is 0 Å². The van der Waals surface area contributed by atoms with Crippen LogP contribution in [-0.4, -0.2) is 48.0 Å². The lowest BCUT2D eigenvalue weighted by molar-refractivity contribution is -0.112. The summed E-state index contributed by atoms with van der Waals surface area (Å²) in [6.07, 6.45) is -5.06. The van der Waals surface area contributed by atoms with Crippen LogP contribution < -0.4 is 10.4 Å². The highest BCUT2D eigenvalue weighted by Gasteiger charge is 2.49. The van der Waals surface area contributed by atoms with E-state index in [1.165, 1.54) is 12.1 Å². The van der Waals surface area contributed by atoms with Crippen LogP contribution in [0.4, 0.5) is 14.4 Å². The van der Waals surface area contributed by atoms with E-state index in [9.17, 15) is 19.2 Å². The van der Waals surface area contributed by atoms with Crippen LogP contribution in [0.5, 0.6) is 5.75 Å². The third-order valence-electron chi connectivity index (χ3n) is 4.81. The van der Waals surface area contributed by atoms with Crippen molar-refractivity contribution in [2.24, 2.45) is 0 Å². The molecule has 3 rings (SSSR count). The van der Waals surface area contributed by atoms with Gasteiger partial charge < -0.3 is 37.6 Å².